The molecule has 154 valence electrons. The number of hydrogen-bond acceptors (Lipinski definition) is 6. The SMILES string of the molecule is CCn1c(SCC(=O)c2cc(C)n([C@@H](C)COC)c2C)nnc1-c1ccncc1. The molecule has 3 aromatic rings. The molecule has 0 amide bonds. The van der Waals surface area contributed by atoms with Gasteiger partial charge in [0, 0.05) is 48.6 Å². The molecule has 0 bridgehead atoms. The summed E-state index contributed by atoms with van der Waals surface area (Å²) in [4.78, 5) is 17.0. The van der Waals surface area contributed by atoms with E-state index in [4.69, 9.17) is 4.74 Å². The first-order valence-corrected chi connectivity index (χ1v) is 10.6. The minimum atomic E-state index is 0.0927. The van der Waals surface area contributed by atoms with Crippen molar-refractivity contribution in [2.24, 2.45) is 0 Å². The first kappa shape index (κ1) is 21.3. The van der Waals surface area contributed by atoms with Crippen molar-refractivity contribution >= 4 is 17.5 Å². The van der Waals surface area contributed by atoms with Gasteiger partial charge in [0.25, 0.3) is 0 Å². The summed E-state index contributed by atoms with van der Waals surface area (Å²) >= 11 is 1.42. The van der Waals surface area contributed by atoms with E-state index >= 15 is 0 Å². The van der Waals surface area contributed by atoms with Gasteiger partial charge in [0.05, 0.1) is 18.4 Å². The van der Waals surface area contributed by atoms with Crippen LogP contribution in [0.5, 0.6) is 0 Å². The molecule has 8 heteroatoms. The Morgan fingerprint density at radius 1 is 1.24 bits per heavy atom. The molecule has 29 heavy (non-hydrogen) atoms. The van der Waals surface area contributed by atoms with Gasteiger partial charge in [-0.1, -0.05) is 11.8 Å². The summed E-state index contributed by atoms with van der Waals surface area (Å²) in [6.45, 7) is 9.49. The second-order valence-electron chi connectivity index (χ2n) is 6.96. The standard InChI is InChI=1S/C21H27N5O2S/c1-6-25-20(17-7-9-22-10-8-17)23-24-21(25)29-13-19(27)18-11-14(2)26(16(18)4)15(3)12-28-5/h7-11,15H,6,12-13H2,1-5H3/t15-/m0/s1. The van der Waals surface area contributed by atoms with E-state index in [0.717, 1.165) is 40.0 Å². The van der Waals surface area contributed by atoms with Crippen molar-refractivity contribution < 1.29 is 9.53 Å². The first-order chi connectivity index (χ1) is 14.0. The van der Waals surface area contributed by atoms with E-state index in [0.29, 0.717) is 12.4 Å². The fourth-order valence-electron chi connectivity index (χ4n) is 3.66. The average Bonchev–Trinajstić information content (AvgIpc) is 3.27. The second kappa shape index (κ2) is 9.37. The van der Waals surface area contributed by atoms with E-state index in [-0.39, 0.29) is 11.8 Å². The highest BCUT2D eigenvalue weighted by Gasteiger charge is 2.20. The van der Waals surface area contributed by atoms with Gasteiger partial charge in [-0.25, -0.2) is 0 Å². The number of thioether (sulfide) groups is 1. The largest absolute Gasteiger partial charge is 0.383 e. The Morgan fingerprint density at radius 3 is 2.62 bits per heavy atom. The van der Waals surface area contributed by atoms with Crippen LogP contribution in [-0.4, -0.2) is 49.6 Å². The van der Waals surface area contributed by atoms with E-state index in [1.54, 1.807) is 19.5 Å². The molecule has 3 heterocycles. The maximum atomic E-state index is 12.9. The third kappa shape index (κ3) is 4.43. The predicted molar refractivity (Wildman–Crippen MR) is 114 cm³/mol. The Bertz CT molecular complexity index is 981. The number of aromatic nitrogens is 5. The lowest BCUT2D eigenvalue weighted by molar-refractivity contribution is 0.102. The number of pyridine rings is 1. The minimum Gasteiger partial charge on any atom is -0.383 e. The van der Waals surface area contributed by atoms with Crippen molar-refractivity contribution in [1.29, 1.82) is 0 Å². The van der Waals surface area contributed by atoms with E-state index in [1.807, 2.05) is 43.5 Å². The Labute approximate surface area is 175 Å². The molecule has 0 fully saturated rings. The van der Waals surface area contributed by atoms with E-state index in [2.05, 4.69) is 26.7 Å². The number of carbonyl (C=O) groups is 1. The summed E-state index contributed by atoms with van der Waals surface area (Å²) in [6.07, 6.45) is 3.47. The van der Waals surface area contributed by atoms with Crippen molar-refractivity contribution in [3.8, 4) is 11.4 Å². The Morgan fingerprint density at radius 2 is 1.97 bits per heavy atom. The molecule has 0 aliphatic rings. The molecule has 0 N–H and O–H groups in total. The quantitative estimate of drug-likeness (QED) is 0.390. The Kier molecular flexibility index (Phi) is 6.87. The summed E-state index contributed by atoms with van der Waals surface area (Å²) in [5, 5.41) is 9.38. The minimum absolute atomic E-state index is 0.0927. The van der Waals surface area contributed by atoms with Crippen LogP contribution in [0.15, 0.2) is 35.7 Å². The molecule has 0 saturated heterocycles. The maximum Gasteiger partial charge on any atom is 0.191 e. The zero-order chi connectivity index (χ0) is 21.0. The first-order valence-electron chi connectivity index (χ1n) is 9.64. The maximum absolute atomic E-state index is 12.9. The predicted octanol–water partition coefficient (Wildman–Crippen LogP) is 3.96. The fraction of sp³-hybridized carbons (Fsp3) is 0.429. The summed E-state index contributed by atoms with van der Waals surface area (Å²) in [6, 6.07) is 5.97. The number of ether oxygens (including phenoxy) is 1. The number of methoxy groups -OCH3 is 1. The summed E-state index contributed by atoms with van der Waals surface area (Å²) < 4.78 is 9.46. The van der Waals surface area contributed by atoms with Crippen LogP contribution in [0, 0.1) is 13.8 Å². The molecule has 0 aliphatic heterocycles. The number of carbonyl (C=O) groups excluding carboxylic acids is 1. The van der Waals surface area contributed by atoms with Crippen LogP contribution >= 0.6 is 11.8 Å². The lowest BCUT2D eigenvalue weighted by Gasteiger charge is -2.17. The fourth-order valence-corrected chi connectivity index (χ4v) is 4.54. The van der Waals surface area contributed by atoms with E-state index in [9.17, 15) is 4.79 Å². The number of rotatable bonds is 9. The Balaban J connectivity index is 1.77. The van der Waals surface area contributed by atoms with Crippen molar-refractivity contribution in [2.45, 2.75) is 45.4 Å². The van der Waals surface area contributed by atoms with E-state index in [1.165, 1.54) is 11.8 Å². The van der Waals surface area contributed by atoms with Crippen LogP contribution in [0.1, 0.15) is 41.6 Å². The lowest BCUT2D eigenvalue weighted by Crippen LogP contribution is -2.14. The van der Waals surface area contributed by atoms with Crippen molar-refractivity contribution in [2.75, 3.05) is 19.5 Å². The topological polar surface area (TPSA) is 74.8 Å². The highest BCUT2D eigenvalue weighted by atomic mass is 32.2. The van der Waals surface area contributed by atoms with Gasteiger partial charge in [-0.05, 0) is 45.9 Å². The van der Waals surface area contributed by atoms with Crippen LogP contribution in [-0.2, 0) is 11.3 Å². The molecular weight excluding hydrogens is 386 g/mol. The summed E-state index contributed by atoms with van der Waals surface area (Å²) in [7, 11) is 1.69. The number of nitrogens with zero attached hydrogens (tertiary/aromatic N) is 5. The van der Waals surface area contributed by atoms with Crippen molar-refractivity contribution in [3.05, 3.63) is 47.5 Å². The van der Waals surface area contributed by atoms with Gasteiger partial charge in [0.1, 0.15) is 0 Å². The van der Waals surface area contributed by atoms with Gasteiger partial charge < -0.3 is 13.9 Å². The van der Waals surface area contributed by atoms with Crippen LogP contribution in [0.3, 0.4) is 0 Å². The van der Waals surface area contributed by atoms with Crippen LogP contribution < -0.4 is 0 Å². The number of aryl methyl sites for hydroxylation is 1. The number of ketones is 1. The third-order valence-electron chi connectivity index (χ3n) is 4.94. The monoisotopic (exact) mass is 413 g/mol. The van der Waals surface area contributed by atoms with Crippen LogP contribution in [0.2, 0.25) is 0 Å². The highest BCUT2D eigenvalue weighted by molar-refractivity contribution is 7.99. The molecule has 0 radical (unpaired) electrons. The van der Waals surface area contributed by atoms with E-state index < -0.39 is 0 Å². The normalized spacial score (nSPS) is 12.3. The van der Waals surface area contributed by atoms with Gasteiger partial charge >= 0.3 is 0 Å². The molecule has 3 aromatic heterocycles. The molecule has 1 atom stereocenters. The smallest absolute Gasteiger partial charge is 0.191 e. The van der Waals surface area contributed by atoms with Gasteiger partial charge in [-0.2, -0.15) is 0 Å². The Hall–Kier alpha value is -2.45. The van der Waals surface area contributed by atoms with Gasteiger partial charge in [0.15, 0.2) is 16.8 Å². The lowest BCUT2D eigenvalue weighted by atomic mass is 10.2. The van der Waals surface area contributed by atoms with Crippen molar-refractivity contribution in [1.82, 2.24) is 24.3 Å². The molecule has 0 spiro atoms. The van der Waals surface area contributed by atoms with Gasteiger partial charge in [0.2, 0.25) is 0 Å². The van der Waals surface area contributed by atoms with Crippen LogP contribution in [0.4, 0.5) is 0 Å². The molecule has 0 aromatic carbocycles. The molecule has 7 nitrogen and oxygen atoms in total. The zero-order valence-electron chi connectivity index (χ0n) is 17.5. The molecule has 0 unspecified atom stereocenters. The third-order valence-corrected chi connectivity index (χ3v) is 5.90. The summed E-state index contributed by atoms with van der Waals surface area (Å²) in [5.74, 6) is 1.20. The van der Waals surface area contributed by atoms with Gasteiger partial charge in [-0.15, -0.1) is 10.2 Å². The second-order valence-corrected chi connectivity index (χ2v) is 7.90. The van der Waals surface area contributed by atoms with Crippen molar-refractivity contribution in [3.63, 3.8) is 0 Å². The number of Topliss-reactive ketones (excluding diaryl/α,β-unsaturated/α-hetero) is 1. The summed E-state index contributed by atoms with van der Waals surface area (Å²) in [5.41, 5.74) is 3.77. The average molecular weight is 414 g/mol. The molecular formula is C21H27N5O2S. The molecule has 3 rings (SSSR count). The zero-order valence-corrected chi connectivity index (χ0v) is 18.4. The molecule has 0 saturated carbocycles. The number of hydrogen-bond donors (Lipinski definition) is 0. The molecule has 0 aliphatic carbocycles. The highest BCUT2D eigenvalue weighted by Crippen LogP contribution is 2.26. The van der Waals surface area contributed by atoms with Crippen LogP contribution in [0.25, 0.3) is 11.4 Å². The van der Waals surface area contributed by atoms with Gasteiger partial charge in [-0.3, -0.25) is 9.78 Å².